The van der Waals surface area contributed by atoms with Gasteiger partial charge in [-0.05, 0) is 27.7 Å². The Morgan fingerprint density at radius 2 is 1.61 bits per heavy atom. The third-order valence-electron chi connectivity index (χ3n) is 6.26. The molecule has 0 aliphatic carbocycles. The minimum Gasteiger partial charge on any atom is -0.463 e. The van der Waals surface area contributed by atoms with E-state index in [-0.39, 0.29) is 11.8 Å². The van der Waals surface area contributed by atoms with E-state index >= 15 is 0 Å². The first kappa shape index (κ1) is 25.6. The third-order valence-corrected chi connectivity index (χ3v) is 7.01. The summed E-state index contributed by atoms with van der Waals surface area (Å²) >= 11 is 8.18. The van der Waals surface area contributed by atoms with Crippen LogP contribution in [0.1, 0.15) is 48.5 Å². The number of nitrogens with zero attached hydrogens (tertiary/aromatic N) is 4. The highest BCUT2D eigenvalue weighted by atomic mass is 127. The zero-order valence-electron chi connectivity index (χ0n) is 19.2. The molecule has 0 N–H and O–H groups in total. The molecular weight excluding hydrogens is 571 g/mol. The number of rotatable bonds is 5. The molecule has 1 fully saturated rings. The number of ether oxygens (including phenoxy) is 4. The van der Waals surface area contributed by atoms with Crippen LogP contribution in [0, 0.1) is 3.83 Å². The largest absolute Gasteiger partial charge is 0.463 e. The Morgan fingerprint density at radius 1 is 1.03 bits per heavy atom. The summed E-state index contributed by atoms with van der Waals surface area (Å²) in [5.74, 6) is -1.85. The van der Waals surface area contributed by atoms with E-state index in [1.807, 2.05) is 22.6 Å². The first-order valence-corrected chi connectivity index (χ1v) is 11.3. The normalized spacial score (nSPS) is 31.4. The van der Waals surface area contributed by atoms with Crippen LogP contribution < -0.4 is 0 Å². The van der Waals surface area contributed by atoms with Gasteiger partial charge in [0.2, 0.25) is 0 Å². The summed E-state index contributed by atoms with van der Waals surface area (Å²) in [4.78, 5) is 49.0. The molecule has 2 aromatic rings. The summed E-state index contributed by atoms with van der Waals surface area (Å²) in [6.45, 7) is 9.80. The first-order chi connectivity index (χ1) is 15.1. The lowest BCUT2D eigenvalue weighted by molar-refractivity contribution is -0.223. The fourth-order valence-corrected chi connectivity index (χ4v) is 5.22. The van der Waals surface area contributed by atoms with Gasteiger partial charge >= 0.3 is 17.9 Å². The summed E-state index contributed by atoms with van der Waals surface area (Å²) in [6, 6.07) is 0. The minimum atomic E-state index is -1.65. The van der Waals surface area contributed by atoms with Crippen LogP contribution >= 0.6 is 34.2 Å². The van der Waals surface area contributed by atoms with Gasteiger partial charge in [0.05, 0.1) is 6.33 Å². The maximum atomic E-state index is 12.3. The van der Waals surface area contributed by atoms with Crippen molar-refractivity contribution in [3.8, 4) is 0 Å². The number of halogens is 2. The number of imidazole rings is 1. The van der Waals surface area contributed by atoms with Gasteiger partial charge in [0.15, 0.2) is 31.6 Å². The van der Waals surface area contributed by atoms with Crippen molar-refractivity contribution in [2.75, 3.05) is 6.61 Å². The molecule has 2 aromatic heterocycles. The SMILES string of the molecule is CC(=O)OC[C@@]1(C)OC(C)(n2cnc3c(Cl)nc(I)nc32)[C@](C)(OC(C)=O)C1(C)OC(C)=O. The second-order valence-corrected chi connectivity index (χ2v) is 9.74. The van der Waals surface area contributed by atoms with Gasteiger partial charge in [0.25, 0.3) is 0 Å². The molecule has 1 aliphatic heterocycles. The summed E-state index contributed by atoms with van der Waals surface area (Å²) in [5.41, 5.74) is -5.67. The van der Waals surface area contributed by atoms with Gasteiger partial charge in [0, 0.05) is 43.4 Å². The Kier molecular flexibility index (Phi) is 6.43. The van der Waals surface area contributed by atoms with E-state index in [2.05, 4.69) is 15.0 Å². The molecule has 2 unspecified atom stereocenters. The predicted octanol–water partition coefficient (Wildman–Crippen LogP) is 2.75. The molecule has 3 heterocycles. The first-order valence-electron chi connectivity index (χ1n) is 9.89. The second kappa shape index (κ2) is 8.31. The smallest absolute Gasteiger partial charge is 0.303 e. The van der Waals surface area contributed by atoms with Gasteiger partial charge in [-0.15, -0.1) is 0 Å². The molecule has 11 nitrogen and oxygen atoms in total. The minimum absolute atomic E-state index is 0.129. The highest BCUT2D eigenvalue weighted by molar-refractivity contribution is 14.1. The quantitative estimate of drug-likeness (QED) is 0.167. The Morgan fingerprint density at radius 3 is 2.15 bits per heavy atom. The van der Waals surface area contributed by atoms with Gasteiger partial charge in [-0.2, -0.15) is 0 Å². The van der Waals surface area contributed by atoms with Crippen LogP contribution in [-0.2, 0) is 39.1 Å². The van der Waals surface area contributed by atoms with Crippen molar-refractivity contribution in [2.24, 2.45) is 0 Å². The standard InChI is InChI=1S/C20H24ClIN4O7/c1-10(27)30-8-17(4)18(5,31-11(2)28)19(6,32-12(3)29)20(7,33-17)26-9-23-13-14(21)24-16(22)25-15(13)26/h9H,8H2,1-7H3/t17-,18?,19-,20?/m1/s1. The predicted molar refractivity (Wildman–Crippen MR) is 123 cm³/mol. The molecule has 0 spiro atoms. The Balaban J connectivity index is 2.35. The topological polar surface area (TPSA) is 132 Å². The van der Waals surface area contributed by atoms with Crippen LogP contribution in [0.4, 0.5) is 0 Å². The summed E-state index contributed by atoms with van der Waals surface area (Å²) in [6.07, 6.45) is 1.43. The van der Waals surface area contributed by atoms with Crippen LogP contribution in [0.2, 0.25) is 5.15 Å². The number of esters is 3. The number of hydrogen-bond acceptors (Lipinski definition) is 10. The maximum Gasteiger partial charge on any atom is 0.303 e. The van der Waals surface area contributed by atoms with Crippen molar-refractivity contribution in [3.05, 3.63) is 15.3 Å². The molecule has 3 rings (SSSR count). The van der Waals surface area contributed by atoms with E-state index in [4.69, 9.17) is 30.5 Å². The monoisotopic (exact) mass is 594 g/mol. The lowest BCUT2D eigenvalue weighted by Gasteiger charge is -2.47. The van der Waals surface area contributed by atoms with E-state index in [9.17, 15) is 14.4 Å². The lowest BCUT2D eigenvalue weighted by Crippen LogP contribution is -2.66. The van der Waals surface area contributed by atoms with Gasteiger partial charge in [0.1, 0.15) is 17.7 Å². The van der Waals surface area contributed by atoms with Gasteiger partial charge in [-0.1, -0.05) is 11.6 Å². The number of hydrogen-bond donors (Lipinski definition) is 0. The zero-order chi connectivity index (χ0) is 25.0. The van der Waals surface area contributed by atoms with Crippen LogP contribution in [0.3, 0.4) is 0 Å². The lowest BCUT2D eigenvalue weighted by atomic mass is 9.72. The Hall–Kier alpha value is -2.06. The number of aromatic nitrogens is 4. The van der Waals surface area contributed by atoms with Crippen molar-refractivity contribution < 1.29 is 33.3 Å². The van der Waals surface area contributed by atoms with Crippen molar-refractivity contribution in [3.63, 3.8) is 0 Å². The molecule has 4 atom stereocenters. The van der Waals surface area contributed by atoms with Crippen LogP contribution in [0.25, 0.3) is 11.2 Å². The molecule has 0 radical (unpaired) electrons. The number of fused-ring (bicyclic) bond motifs is 1. The molecule has 1 aliphatic rings. The second-order valence-electron chi connectivity index (χ2n) is 8.42. The van der Waals surface area contributed by atoms with Crippen molar-refractivity contribution in [2.45, 2.75) is 71.0 Å². The van der Waals surface area contributed by atoms with Gasteiger partial charge in [-0.3, -0.25) is 19.0 Å². The van der Waals surface area contributed by atoms with Crippen LogP contribution in [0.15, 0.2) is 6.33 Å². The summed E-state index contributed by atoms with van der Waals surface area (Å²) in [7, 11) is 0. The molecule has 0 bridgehead atoms. The van der Waals surface area contributed by atoms with E-state index in [0.29, 0.717) is 15.0 Å². The van der Waals surface area contributed by atoms with Gasteiger partial charge in [-0.25, -0.2) is 15.0 Å². The van der Waals surface area contributed by atoms with Crippen molar-refractivity contribution >= 4 is 63.3 Å². The molecule has 13 heteroatoms. The number of carbonyl (C=O) groups is 3. The van der Waals surface area contributed by atoms with E-state index in [1.54, 1.807) is 32.3 Å². The van der Waals surface area contributed by atoms with E-state index in [1.165, 1.54) is 27.1 Å². The molecule has 180 valence electrons. The molecule has 0 saturated carbocycles. The Labute approximate surface area is 208 Å². The highest BCUT2D eigenvalue weighted by Gasteiger charge is 2.78. The maximum absolute atomic E-state index is 12.3. The number of carbonyl (C=O) groups excluding carboxylic acids is 3. The molecule has 0 amide bonds. The average molecular weight is 595 g/mol. The highest BCUT2D eigenvalue weighted by Crippen LogP contribution is 2.59. The molecular formula is C20H24ClIN4O7. The van der Waals surface area contributed by atoms with E-state index in [0.717, 1.165) is 0 Å². The van der Waals surface area contributed by atoms with Crippen LogP contribution in [0.5, 0.6) is 0 Å². The summed E-state index contributed by atoms with van der Waals surface area (Å²) < 4.78 is 25.4. The summed E-state index contributed by atoms with van der Waals surface area (Å²) in [5, 5.41) is 0.129. The van der Waals surface area contributed by atoms with Crippen LogP contribution in [-0.4, -0.2) is 60.8 Å². The fraction of sp³-hybridized carbons (Fsp3) is 0.600. The zero-order valence-corrected chi connectivity index (χ0v) is 22.1. The molecule has 1 saturated heterocycles. The van der Waals surface area contributed by atoms with Crippen molar-refractivity contribution in [1.29, 1.82) is 0 Å². The Bertz CT molecular complexity index is 1160. The van der Waals surface area contributed by atoms with E-state index < -0.39 is 40.4 Å². The fourth-order valence-electron chi connectivity index (χ4n) is 4.39. The van der Waals surface area contributed by atoms with Gasteiger partial charge < -0.3 is 18.9 Å². The molecule has 33 heavy (non-hydrogen) atoms. The molecule has 0 aromatic carbocycles. The van der Waals surface area contributed by atoms with Crippen molar-refractivity contribution in [1.82, 2.24) is 19.5 Å². The average Bonchev–Trinajstić information content (AvgIpc) is 3.13. The third kappa shape index (κ3) is 3.85.